The minimum Gasteiger partial charge on any atom is -0.361 e. The Kier molecular flexibility index (Phi) is 3.02. The van der Waals surface area contributed by atoms with Gasteiger partial charge in [0.2, 0.25) is 0 Å². The van der Waals surface area contributed by atoms with Crippen molar-refractivity contribution in [1.82, 2.24) is 0 Å². The second-order valence-corrected chi connectivity index (χ2v) is 4.78. The van der Waals surface area contributed by atoms with E-state index in [4.69, 9.17) is 5.53 Å². The minimum absolute atomic E-state index is 0.0859. The van der Waals surface area contributed by atoms with Crippen LogP contribution in [0.2, 0.25) is 0 Å². The topological polar surface area (TPSA) is 36.4 Å². The Hall–Kier alpha value is -1.21. The van der Waals surface area contributed by atoms with E-state index in [0.29, 0.717) is 5.71 Å². The standard InChI is InChI=1S/C11H15FN2/c1-11(2,3)7-8-6-9(12)4-5-10(8)14-13/h4-6,8H,7H2,1-3H3. The molecule has 0 saturated heterocycles. The monoisotopic (exact) mass is 194 g/mol. The molecule has 3 heteroatoms. The van der Waals surface area contributed by atoms with E-state index in [9.17, 15) is 4.39 Å². The Labute approximate surface area is 83.8 Å². The zero-order chi connectivity index (χ0) is 10.8. The molecule has 0 amide bonds. The SMILES string of the molecule is CC(C)(C)CC1C=C(F)C=CC1=[N+]=[N-]. The summed E-state index contributed by atoms with van der Waals surface area (Å²) in [7, 11) is 0. The maximum Gasteiger partial charge on any atom is 0.299 e. The molecule has 0 aliphatic heterocycles. The van der Waals surface area contributed by atoms with E-state index in [2.05, 4.69) is 25.6 Å². The number of rotatable bonds is 1. The van der Waals surface area contributed by atoms with Crippen LogP contribution in [0.15, 0.2) is 24.1 Å². The predicted molar refractivity (Wildman–Crippen MR) is 54.5 cm³/mol. The summed E-state index contributed by atoms with van der Waals surface area (Å²) in [6.45, 7) is 6.23. The third-order valence-corrected chi connectivity index (χ3v) is 2.10. The maximum atomic E-state index is 13.0. The fraction of sp³-hybridized carbons (Fsp3) is 0.545. The summed E-state index contributed by atoms with van der Waals surface area (Å²) in [6.07, 6.45) is 5.10. The number of nitrogens with zero attached hydrogens (tertiary/aromatic N) is 2. The lowest BCUT2D eigenvalue weighted by molar-refractivity contribution is -0.0106. The van der Waals surface area contributed by atoms with Gasteiger partial charge in [0.05, 0.1) is 5.92 Å². The van der Waals surface area contributed by atoms with Crippen LogP contribution in [0.25, 0.3) is 5.53 Å². The Morgan fingerprint density at radius 1 is 1.43 bits per heavy atom. The average molecular weight is 194 g/mol. The lowest BCUT2D eigenvalue weighted by atomic mass is 9.81. The van der Waals surface area contributed by atoms with E-state index in [1.165, 1.54) is 18.2 Å². The molecule has 0 aromatic carbocycles. The van der Waals surface area contributed by atoms with Crippen molar-refractivity contribution in [3.8, 4) is 0 Å². The molecule has 0 fully saturated rings. The van der Waals surface area contributed by atoms with Gasteiger partial charge in [-0.2, -0.15) is 4.79 Å². The average Bonchev–Trinajstić information content (AvgIpc) is 2.01. The molecule has 1 atom stereocenters. The maximum absolute atomic E-state index is 13.0. The number of allylic oxidation sites excluding steroid dienone is 4. The van der Waals surface area contributed by atoms with Crippen LogP contribution in [0.3, 0.4) is 0 Å². The van der Waals surface area contributed by atoms with Gasteiger partial charge in [-0.15, -0.1) is 0 Å². The van der Waals surface area contributed by atoms with Crippen molar-refractivity contribution in [3.05, 3.63) is 29.6 Å². The Bertz CT molecular complexity index is 328. The third kappa shape index (κ3) is 2.93. The van der Waals surface area contributed by atoms with Crippen LogP contribution >= 0.6 is 0 Å². The lowest BCUT2D eigenvalue weighted by Gasteiger charge is -2.21. The molecule has 0 bridgehead atoms. The van der Waals surface area contributed by atoms with Crippen LogP contribution in [0.4, 0.5) is 4.39 Å². The summed E-state index contributed by atoms with van der Waals surface area (Å²) in [5.41, 5.74) is 9.34. The molecule has 14 heavy (non-hydrogen) atoms. The number of hydrogen-bond donors (Lipinski definition) is 0. The highest BCUT2D eigenvalue weighted by atomic mass is 19.1. The van der Waals surface area contributed by atoms with E-state index in [-0.39, 0.29) is 17.2 Å². The zero-order valence-corrected chi connectivity index (χ0v) is 8.79. The van der Waals surface area contributed by atoms with Crippen LogP contribution in [0.1, 0.15) is 27.2 Å². The third-order valence-electron chi connectivity index (χ3n) is 2.10. The van der Waals surface area contributed by atoms with Gasteiger partial charge in [-0.05, 0) is 24.0 Å². The number of hydrogen-bond acceptors (Lipinski definition) is 0. The molecule has 0 aromatic rings. The summed E-state index contributed by atoms with van der Waals surface area (Å²) in [5.74, 6) is -0.378. The van der Waals surface area contributed by atoms with Gasteiger partial charge in [0.15, 0.2) is 0 Å². The molecule has 0 saturated carbocycles. The van der Waals surface area contributed by atoms with Gasteiger partial charge in [0.25, 0.3) is 5.71 Å². The molecule has 1 aliphatic carbocycles. The van der Waals surface area contributed by atoms with Crippen LogP contribution in [-0.2, 0) is 0 Å². The first-order valence-electron chi connectivity index (χ1n) is 4.70. The molecule has 2 nitrogen and oxygen atoms in total. The van der Waals surface area contributed by atoms with Crippen molar-refractivity contribution in [3.63, 3.8) is 0 Å². The first kappa shape index (κ1) is 10.9. The van der Waals surface area contributed by atoms with Crippen molar-refractivity contribution in [2.45, 2.75) is 27.2 Å². The van der Waals surface area contributed by atoms with Crippen LogP contribution in [-0.4, -0.2) is 10.5 Å². The highest BCUT2D eigenvalue weighted by Crippen LogP contribution is 2.28. The van der Waals surface area contributed by atoms with Crippen molar-refractivity contribution in [2.75, 3.05) is 0 Å². The second kappa shape index (κ2) is 3.89. The smallest absolute Gasteiger partial charge is 0.299 e. The van der Waals surface area contributed by atoms with Gasteiger partial charge in [0, 0.05) is 6.08 Å². The molecule has 0 N–H and O–H groups in total. The number of halogens is 1. The normalized spacial score (nSPS) is 21.9. The van der Waals surface area contributed by atoms with Gasteiger partial charge < -0.3 is 5.53 Å². The summed E-state index contributed by atoms with van der Waals surface area (Å²) < 4.78 is 13.0. The second-order valence-electron chi connectivity index (χ2n) is 4.78. The van der Waals surface area contributed by atoms with E-state index in [1.807, 2.05) is 0 Å². The molecule has 0 spiro atoms. The lowest BCUT2D eigenvalue weighted by Crippen LogP contribution is -2.20. The van der Waals surface area contributed by atoms with Gasteiger partial charge in [0.1, 0.15) is 5.83 Å². The summed E-state index contributed by atoms with van der Waals surface area (Å²) in [6, 6.07) is 0. The Morgan fingerprint density at radius 2 is 2.07 bits per heavy atom. The van der Waals surface area contributed by atoms with E-state index < -0.39 is 0 Å². The molecule has 1 aliphatic rings. The van der Waals surface area contributed by atoms with Crippen molar-refractivity contribution in [2.24, 2.45) is 11.3 Å². The predicted octanol–water partition coefficient (Wildman–Crippen LogP) is 3.13. The van der Waals surface area contributed by atoms with Gasteiger partial charge in [-0.1, -0.05) is 20.8 Å². The van der Waals surface area contributed by atoms with Crippen molar-refractivity contribution >= 4 is 5.71 Å². The first-order chi connectivity index (χ1) is 6.42. The van der Waals surface area contributed by atoms with Gasteiger partial charge in [-0.3, -0.25) is 0 Å². The van der Waals surface area contributed by atoms with E-state index in [0.717, 1.165) is 6.42 Å². The Morgan fingerprint density at radius 3 is 2.57 bits per heavy atom. The van der Waals surface area contributed by atoms with Gasteiger partial charge in [-0.25, -0.2) is 4.39 Å². The van der Waals surface area contributed by atoms with Crippen molar-refractivity contribution < 1.29 is 9.18 Å². The van der Waals surface area contributed by atoms with Crippen LogP contribution < -0.4 is 0 Å². The molecule has 76 valence electrons. The quantitative estimate of drug-likeness (QED) is 0.454. The van der Waals surface area contributed by atoms with Crippen LogP contribution in [0.5, 0.6) is 0 Å². The van der Waals surface area contributed by atoms with E-state index in [1.54, 1.807) is 0 Å². The highest BCUT2D eigenvalue weighted by molar-refractivity contribution is 5.95. The Balaban J connectivity index is 2.86. The van der Waals surface area contributed by atoms with E-state index >= 15 is 0 Å². The molecule has 1 unspecified atom stereocenters. The summed E-state index contributed by atoms with van der Waals surface area (Å²) in [4.78, 5) is 3.17. The molecule has 0 heterocycles. The molecule has 0 radical (unpaired) electrons. The first-order valence-corrected chi connectivity index (χ1v) is 4.70. The fourth-order valence-electron chi connectivity index (χ4n) is 1.55. The molecule has 0 aromatic heterocycles. The van der Waals surface area contributed by atoms with Crippen molar-refractivity contribution in [1.29, 1.82) is 0 Å². The zero-order valence-electron chi connectivity index (χ0n) is 8.79. The van der Waals surface area contributed by atoms with Gasteiger partial charge >= 0.3 is 0 Å². The molecule has 1 rings (SSSR count). The fourth-order valence-corrected chi connectivity index (χ4v) is 1.55. The highest BCUT2D eigenvalue weighted by Gasteiger charge is 2.27. The summed E-state index contributed by atoms with van der Waals surface area (Å²) in [5, 5.41) is 0. The largest absolute Gasteiger partial charge is 0.361 e. The minimum atomic E-state index is -0.258. The summed E-state index contributed by atoms with van der Waals surface area (Å²) >= 11 is 0. The molecular formula is C11H15FN2. The van der Waals surface area contributed by atoms with Crippen LogP contribution in [0, 0.1) is 11.3 Å². The molecular weight excluding hydrogens is 179 g/mol.